The van der Waals surface area contributed by atoms with E-state index in [0.717, 1.165) is 23.2 Å². The molecule has 0 radical (unpaired) electrons. The van der Waals surface area contributed by atoms with Crippen molar-refractivity contribution in [1.29, 1.82) is 0 Å². The summed E-state index contributed by atoms with van der Waals surface area (Å²) in [6.07, 6.45) is 2.22. The second kappa shape index (κ2) is 9.07. The third-order valence-electron chi connectivity index (χ3n) is 6.51. The smallest absolute Gasteiger partial charge is 0.225 e. The third kappa shape index (κ3) is 3.85. The van der Waals surface area contributed by atoms with Crippen molar-refractivity contribution in [1.82, 2.24) is 5.32 Å². The van der Waals surface area contributed by atoms with E-state index in [-0.39, 0.29) is 29.9 Å². The van der Waals surface area contributed by atoms with E-state index in [1.165, 1.54) is 5.56 Å². The van der Waals surface area contributed by atoms with Gasteiger partial charge in [-0.2, -0.15) is 0 Å². The van der Waals surface area contributed by atoms with Crippen LogP contribution < -0.4 is 19.5 Å². The SMILES string of the molecule is CCc1ccc(C2CC(=O)C3=C(C2)NC(=O)CC3c2ccc(OC)c(OC)c2OC)cc1. The number of benzene rings is 2. The average Bonchev–Trinajstić information content (AvgIpc) is 2.82. The Morgan fingerprint density at radius 1 is 0.875 bits per heavy atom. The summed E-state index contributed by atoms with van der Waals surface area (Å²) in [4.78, 5) is 26.1. The van der Waals surface area contributed by atoms with Gasteiger partial charge in [-0.15, -0.1) is 0 Å². The van der Waals surface area contributed by atoms with Crippen LogP contribution >= 0.6 is 0 Å². The van der Waals surface area contributed by atoms with Crippen LogP contribution in [0.5, 0.6) is 17.2 Å². The Morgan fingerprint density at radius 2 is 1.59 bits per heavy atom. The average molecular weight is 436 g/mol. The second-order valence-electron chi connectivity index (χ2n) is 8.24. The molecule has 0 fully saturated rings. The summed E-state index contributed by atoms with van der Waals surface area (Å²) in [5, 5.41) is 2.98. The van der Waals surface area contributed by atoms with Crippen molar-refractivity contribution in [2.24, 2.45) is 0 Å². The number of carbonyl (C=O) groups is 2. The Hall–Kier alpha value is -3.28. The molecule has 0 aromatic heterocycles. The molecule has 4 rings (SSSR count). The van der Waals surface area contributed by atoms with E-state index in [4.69, 9.17) is 14.2 Å². The van der Waals surface area contributed by atoms with E-state index in [0.29, 0.717) is 35.7 Å². The summed E-state index contributed by atoms with van der Waals surface area (Å²) in [6.45, 7) is 2.12. The summed E-state index contributed by atoms with van der Waals surface area (Å²) in [7, 11) is 4.66. The first-order valence-electron chi connectivity index (χ1n) is 10.9. The molecule has 0 saturated carbocycles. The molecule has 2 aromatic carbocycles. The van der Waals surface area contributed by atoms with Gasteiger partial charge in [-0.1, -0.05) is 37.3 Å². The number of carbonyl (C=O) groups excluding carboxylic acids is 2. The lowest BCUT2D eigenvalue weighted by Gasteiger charge is -2.35. The van der Waals surface area contributed by atoms with Crippen LogP contribution in [0, 0.1) is 0 Å². The van der Waals surface area contributed by atoms with Crippen LogP contribution in [-0.2, 0) is 16.0 Å². The standard InChI is InChI=1S/C26H29NO5/c1-5-15-6-8-16(9-7-15)17-12-20-24(21(28)13-17)19(14-23(29)27-20)18-10-11-22(30-2)26(32-4)25(18)31-3/h6-11,17,19H,5,12-14H2,1-4H3,(H,27,29). The van der Waals surface area contributed by atoms with Crippen molar-refractivity contribution in [2.75, 3.05) is 21.3 Å². The van der Waals surface area contributed by atoms with Crippen LogP contribution in [0.2, 0.25) is 0 Å². The summed E-state index contributed by atoms with van der Waals surface area (Å²) in [6, 6.07) is 12.1. The lowest BCUT2D eigenvalue weighted by atomic mass is 9.73. The monoisotopic (exact) mass is 435 g/mol. The van der Waals surface area contributed by atoms with Gasteiger partial charge >= 0.3 is 0 Å². The topological polar surface area (TPSA) is 73.9 Å². The van der Waals surface area contributed by atoms with Gasteiger partial charge in [0.1, 0.15) is 0 Å². The zero-order valence-corrected chi connectivity index (χ0v) is 19.0. The van der Waals surface area contributed by atoms with Gasteiger partial charge in [0.15, 0.2) is 17.3 Å². The molecule has 0 bridgehead atoms. The van der Waals surface area contributed by atoms with E-state index >= 15 is 0 Å². The lowest BCUT2D eigenvalue weighted by molar-refractivity contribution is -0.122. The first-order valence-corrected chi connectivity index (χ1v) is 10.9. The van der Waals surface area contributed by atoms with E-state index in [1.54, 1.807) is 27.4 Å². The number of hydrogen-bond donors (Lipinski definition) is 1. The Balaban J connectivity index is 1.75. The number of rotatable bonds is 6. The molecule has 2 aliphatic rings. The molecular formula is C26H29NO5. The van der Waals surface area contributed by atoms with Crippen molar-refractivity contribution in [3.63, 3.8) is 0 Å². The highest BCUT2D eigenvalue weighted by atomic mass is 16.5. The van der Waals surface area contributed by atoms with Crippen molar-refractivity contribution >= 4 is 11.7 Å². The fourth-order valence-electron chi connectivity index (χ4n) is 4.89. The van der Waals surface area contributed by atoms with Gasteiger partial charge in [0.25, 0.3) is 0 Å². The lowest BCUT2D eigenvalue weighted by Crippen LogP contribution is -2.38. The molecule has 0 saturated heterocycles. The summed E-state index contributed by atoms with van der Waals surface area (Å²) in [5.74, 6) is 1.12. The zero-order chi connectivity index (χ0) is 22.8. The van der Waals surface area contributed by atoms with Gasteiger partial charge in [-0.05, 0) is 36.0 Å². The fourth-order valence-corrected chi connectivity index (χ4v) is 4.89. The number of ether oxygens (including phenoxy) is 3. The Bertz CT molecular complexity index is 1070. The van der Waals surface area contributed by atoms with Gasteiger partial charge in [-0.25, -0.2) is 0 Å². The van der Waals surface area contributed by atoms with Crippen LogP contribution in [-0.4, -0.2) is 33.0 Å². The van der Waals surface area contributed by atoms with Crippen molar-refractivity contribution in [3.05, 3.63) is 64.4 Å². The number of methoxy groups -OCH3 is 3. The normalized spacial score (nSPS) is 20.5. The van der Waals surface area contributed by atoms with Gasteiger partial charge in [-0.3, -0.25) is 9.59 Å². The van der Waals surface area contributed by atoms with E-state index in [9.17, 15) is 9.59 Å². The molecule has 6 heteroatoms. The van der Waals surface area contributed by atoms with Crippen molar-refractivity contribution in [2.45, 2.75) is 44.4 Å². The minimum atomic E-state index is -0.385. The second-order valence-corrected chi connectivity index (χ2v) is 8.24. The highest BCUT2D eigenvalue weighted by Gasteiger charge is 2.40. The molecule has 1 aliphatic carbocycles. The molecule has 32 heavy (non-hydrogen) atoms. The zero-order valence-electron chi connectivity index (χ0n) is 19.0. The molecule has 1 heterocycles. The van der Waals surface area contributed by atoms with E-state index < -0.39 is 0 Å². The number of aryl methyl sites for hydroxylation is 1. The van der Waals surface area contributed by atoms with Gasteiger partial charge in [0.05, 0.1) is 21.3 Å². The fraction of sp³-hybridized carbons (Fsp3) is 0.385. The number of nitrogens with one attached hydrogen (secondary N) is 1. The highest BCUT2D eigenvalue weighted by Crippen LogP contribution is 2.49. The minimum Gasteiger partial charge on any atom is -0.493 e. The van der Waals surface area contributed by atoms with E-state index in [2.05, 4.69) is 36.5 Å². The van der Waals surface area contributed by atoms with Crippen LogP contribution in [0.1, 0.15) is 54.7 Å². The Labute approximate surface area is 188 Å². The van der Waals surface area contributed by atoms with Gasteiger partial charge < -0.3 is 19.5 Å². The Morgan fingerprint density at radius 3 is 2.22 bits per heavy atom. The quantitative estimate of drug-likeness (QED) is 0.733. The molecule has 6 nitrogen and oxygen atoms in total. The van der Waals surface area contributed by atoms with Crippen molar-refractivity contribution < 1.29 is 23.8 Å². The van der Waals surface area contributed by atoms with Crippen LogP contribution in [0.4, 0.5) is 0 Å². The number of allylic oxidation sites excluding steroid dienone is 2. The maximum atomic E-state index is 13.4. The number of hydrogen-bond acceptors (Lipinski definition) is 5. The van der Waals surface area contributed by atoms with E-state index in [1.807, 2.05) is 6.07 Å². The maximum Gasteiger partial charge on any atom is 0.225 e. The summed E-state index contributed by atoms with van der Waals surface area (Å²) < 4.78 is 16.6. The predicted molar refractivity (Wildman–Crippen MR) is 121 cm³/mol. The third-order valence-corrected chi connectivity index (χ3v) is 6.51. The number of ketones is 1. The largest absolute Gasteiger partial charge is 0.493 e. The highest BCUT2D eigenvalue weighted by molar-refractivity contribution is 6.02. The predicted octanol–water partition coefficient (Wildman–Crippen LogP) is 4.28. The van der Waals surface area contributed by atoms with Crippen LogP contribution in [0.15, 0.2) is 47.7 Å². The Kier molecular flexibility index (Phi) is 6.21. The first kappa shape index (κ1) is 21.9. The summed E-state index contributed by atoms with van der Waals surface area (Å²) >= 11 is 0. The van der Waals surface area contributed by atoms with Crippen molar-refractivity contribution in [3.8, 4) is 17.2 Å². The van der Waals surface area contributed by atoms with Crippen LogP contribution in [0.3, 0.4) is 0 Å². The molecule has 1 N–H and O–H groups in total. The van der Waals surface area contributed by atoms with Crippen LogP contribution in [0.25, 0.3) is 0 Å². The summed E-state index contributed by atoms with van der Waals surface area (Å²) in [5.41, 5.74) is 4.55. The molecule has 2 atom stereocenters. The van der Waals surface area contributed by atoms with Gasteiger partial charge in [0.2, 0.25) is 11.7 Å². The molecule has 2 aromatic rings. The molecule has 0 spiro atoms. The molecular weight excluding hydrogens is 406 g/mol. The maximum absolute atomic E-state index is 13.4. The molecule has 2 unspecified atom stereocenters. The van der Waals surface area contributed by atoms with Gasteiger partial charge in [0, 0.05) is 35.6 Å². The minimum absolute atomic E-state index is 0.0542. The molecule has 1 amide bonds. The number of Topliss-reactive ketones (excluding diaryl/α,β-unsaturated/α-hetero) is 1. The first-order chi connectivity index (χ1) is 15.5. The molecule has 1 aliphatic heterocycles. The molecule has 168 valence electrons. The number of amides is 1.